The molecule has 2 rings (SSSR count). The van der Waals surface area contributed by atoms with Crippen LogP contribution in [-0.4, -0.2) is 12.3 Å². The summed E-state index contributed by atoms with van der Waals surface area (Å²) < 4.78 is 5.29. The van der Waals surface area contributed by atoms with Gasteiger partial charge in [0.05, 0.1) is 5.56 Å². The third-order valence-electron chi connectivity index (χ3n) is 2.80. The van der Waals surface area contributed by atoms with E-state index in [1.54, 1.807) is 18.2 Å². The minimum atomic E-state index is -0.419. The summed E-state index contributed by atoms with van der Waals surface area (Å²) in [5.41, 5.74) is 2.14. The van der Waals surface area contributed by atoms with Gasteiger partial charge in [-0.3, -0.25) is 4.79 Å². The highest BCUT2D eigenvalue weighted by Crippen LogP contribution is 2.20. The van der Waals surface area contributed by atoms with Gasteiger partial charge in [0, 0.05) is 12.0 Å². The van der Waals surface area contributed by atoms with Gasteiger partial charge in [-0.05, 0) is 31.6 Å². The molecule has 0 spiro atoms. The van der Waals surface area contributed by atoms with Gasteiger partial charge in [0.1, 0.15) is 12.0 Å². The molecule has 1 aliphatic carbocycles. The summed E-state index contributed by atoms with van der Waals surface area (Å²) in [7, 11) is 0. The fourth-order valence-electron chi connectivity index (χ4n) is 1.72. The van der Waals surface area contributed by atoms with Crippen molar-refractivity contribution in [1.82, 2.24) is 0 Å². The second kappa shape index (κ2) is 5.45. The van der Waals surface area contributed by atoms with E-state index in [4.69, 9.17) is 4.74 Å². The van der Waals surface area contributed by atoms with Gasteiger partial charge in [-0.15, -0.1) is 0 Å². The predicted octanol–water partition coefficient (Wildman–Crippen LogP) is 3.28. The van der Waals surface area contributed by atoms with Crippen LogP contribution in [0.4, 0.5) is 0 Å². The van der Waals surface area contributed by atoms with E-state index in [0.717, 1.165) is 12.8 Å². The molecule has 1 aromatic rings. The summed E-state index contributed by atoms with van der Waals surface area (Å²) in [6.45, 7) is 2.04. The number of ether oxygens (including phenoxy) is 1. The van der Waals surface area contributed by atoms with Gasteiger partial charge in [0.25, 0.3) is 0 Å². The van der Waals surface area contributed by atoms with Gasteiger partial charge < -0.3 is 4.74 Å². The summed E-state index contributed by atoms with van der Waals surface area (Å²) in [6.07, 6.45) is 6.13. The van der Waals surface area contributed by atoms with Crippen molar-refractivity contribution in [3.05, 3.63) is 58.9 Å². The molecule has 0 bridgehead atoms. The minimum Gasteiger partial charge on any atom is -0.427 e. The van der Waals surface area contributed by atoms with Crippen LogP contribution in [0.2, 0.25) is 0 Å². The van der Waals surface area contributed by atoms with E-state index < -0.39 is 5.97 Å². The van der Waals surface area contributed by atoms with Crippen molar-refractivity contribution in [1.29, 1.82) is 0 Å². The lowest BCUT2D eigenvalue weighted by Gasteiger charge is -2.12. The molecule has 1 aliphatic rings. The van der Waals surface area contributed by atoms with Crippen LogP contribution in [0.3, 0.4) is 0 Å². The van der Waals surface area contributed by atoms with E-state index >= 15 is 0 Å². The van der Waals surface area contributed by atoms with Gasteiger partial charge in [-0.1, -0.05) is 23.8 Å². The number of benzene rings is 1. The summed E-state index contributed by atoms with van der Waals surface area (Å²) in [6, 6.07) is 6.48. The van der Waals surface area contributed by atoms with E-state index in [9.17, 15) is 9.59 Å². The summed E-state index contributed by atoms with van der Waals surface area (Å²) >= 11 is 0. The molecule has 0 saturated carbocycles. The van der Waals surface area contributed by atoms with Crippen molar-refractivity contribution >= 4 is 12.3 Å². The van der Waals surface area contributed by atoms with E-state index in [1.165, 1.54) is 11.6 Å². The van der Waals surface area contributed by atoms with Crippen LogP contribution in [0, 0.1) is 0 Å². The topological polar surface area (TPSA) is 43.4 Å². The number of hydrogen-bond acceptors (Lipinski definition) is 3. The average molecular weight is 242 g/mol. The van der Waals surface area contributed by atoms with Crippen molar-refractivity contribution in [3.8, 4) is 0 Å². The number of aldehydes is 1. The summed E-state index contributed by atoms with van der Waals surface area (Å²) in [4.78, 5) is 22.5. The normalized spacial score (nSPS) is 14.5. The standard InChI is InChI=1S/C15H14O3/c1-11-5-7-14(8-6-11)18-15(17)13-4-2-3-12(9-13)10-16/h2-5,7,9-10H,6,8H2,1H3. The molecule has 0 atom stereocenters. The third kappa shape index (κ3) is 2.94. The van der Waals surface area contributed by atoms with Gasteiger partial charge >= 0.3 is 5.97 Å². The van der Waals surface area contributed by atoms with Gasteiger partial charge in [-0.2, -0.15) is 0 Å². The van der Waals surface area contributed by atoms with E-state index in [-0.39, 0.29) is 0 Å². The molecular weight excluding hydrogens is 228 g/mol. The minimum absolute atomic E-state index is 0.395. The Bertz CT molecular complexity index is 538. The van der Waals surface area contributed by atoms with Crippen molar-refractivity contribution < 1.29 is 14.3 Å². The first-order chi connectivity index (χ1) is 8.69. The molecule has 0 radical (unpaired) electrons. The Balaban J connectivity index is 2.10. The third-order valence-corrected chi connectivity index (χ3v) is 2.80. The quantitative estimate of drug-likeness (QED) is 0.603. The van der Waals surface area contributed by atoms with Gasteiger partial charge in [-0.25, -0.2) is 4.79 Å². The van der Waals surface area contributed by atoms with Crippen LogP contribution in [-0.2, 0) is 4.74 Å². The average Bonchev–Trinajstić information content (AvgIpc) is 2.41. The monoisotopic (exact) mass is 242 g/mol. The van der Waals surface area contributed by atoms with Crippen LogP contribution in [0.5, 0.6) is 0 Å². The highest BCUT2D eigenvalue weighted by atomic mass is 16.5. The Morgan fingerprint density at radius 2 is 2.11 bits per heavy atom. The Kier molecular flexibility index (Phi) is 3.72. The molecule has 0 unspecified atom stereocenters. The largest absolute Gasteiger partial charge is 0.427 e. The summed E-state index contributed by atoms with van der Waals surface area (Å²) in [5, 5.41) is 0. The lowest BCUT2D eigenvalue weighted by atomic mass is 10.1. The van der Waals surface area contributed by atoms with Gasteiger partial charge in [0.2, 0.25) is 0 Å². The fraction of sp³-hybridized carbons (Fsp3) is 0.200. The molecule has 3 heteroatoms. The molecular formula is C15H14O3. The number of rotatable bonds is 3. The van der Waals surface area contributed by atoms with E-state index in [1.807, 2.05) is 19.1 Å². The van der Waals surface area contributed by atoms with Crippen molar-refractivity contribution in [2.45, 2.75) is 19.8 Å². The molecule has 0 aliphatic heterocycles. The van der Waals surface area contributed by atoms with Crippen LogP contribution in [0.1, 0.15) is 40.5 Å². The number of carbonyl (C=O) groups excluding carboxylic acids is 2. The highest BCUT2D eigenvalue weighted by molar-refractivity contribution is 5.92. The highest BCUT2D eigenvalue weighted by Gasteiger charge is 2.12. The van der Waals surface area contributed by atoms with Crippen LogP contribution in [0.15, 0.2) is 47.7 Å². The zero-order valence-corrected chi connectivity index (χ0v) is 10.2. The van der Waals surface area contributed by atoms with Gasteiger partial charge in [0.15, 0.2) is 0 Å². The maximum absolute atomic E-state index is 11.9. The van der Waals surface area contributed by atoms with E-state index in [0.29, 0.717) is 23.2 Å². The van der Waals surface area contributed by atoms with E-state index in [2.05, 4.69) is 0 Å². The number of hydrogen-bond donors (Lipinski definition) is 0. The van der Waals surface area contributed by atoms with Crippen molar-refractivity contribution in [2.75, 3.05) is 0 Å². The Hall–Kier alpha value is -2.16. The number of carbonyl (C=O) groups is 2. The second-order valence-corrected chi connectivity index (χ2v) is 4.28. The first-order valence-corrected chi connectivity index (χ1v) is 5.83. The van der Waals surface area contributed by atoms with Crippen LogP contribution < -0.4 is 0 Å². The van der Waals surface area contributed by atoms with Crippen LogP contribution in [0.25, 0.3) is 0 Å². The molecule has 0 fully saturated rings. The predicted molar refractivity (Wildman–Crippen MR) is 68.3 cm³/mol. The molecule has 0 N–H and O–H groups in total. The van der Waals surface area contributed by atoms with Crippen molar-refractivity contribution in [2.24, 2.45) is 0 Å². The smallest absolute Gasteiger partial charge is 0.343 e. The Morgan fingerprint density at radius 3 is 2.78 bits per heavy atom. The molecule has 0 heterocycles. The summed E-state index contributed by atoms with van der Waals surface area (Å²) in [5.74, 6) is 0.250. The molecule has 0 saturated heterocycles. The molecule has 0 amide bonds. The first kappa shape index (κ1) is 12.3. The molecule has 18 heavy (non-hydrogen) atoms. The number of esters is 1. The zero-order valence-electron chi connectivity index (χ0n) is 10.2. The lowest BCUT2D eigenvalue weighted by Crippen LogP contribution is -2.07. The zero-order chi connectivity index (χ0) is 13.0. The molecule has 3 nitrogen and oxygen atoms in total. The maximum Gasteiger partial charge on any atom is 0.343 e. The maximum atomic E-state index is 11.9. The molecule has 92 valence electrons. The molecule has 0 aromatic heterocycles. The molecule has 1 aromatic carbocycles. The second-order valence-electron chi connectivity index (χ2n) is 4.28. The number of allylic oxidation sites excluding steroid dienone is 4. The Labute approximate surface area is 106 Å². The Morgan fingerprint density at radius 1 is 1.28 bits per heavy atom. The SMILES string of the molecule is CC1=CC=C(OC(=O)c2cccc(C=O)c2)CC1. The van der Waals surface area contributed by atoms with Crippen LogP contribution >= 0.6 is 0 Å². The first-order valence-electron chi connectivity index (χ1n) is 5.83. The lowest BCUT2D eigenvalue weighted by molar-refractivity contribution is 0.0613. The van der Waals surface area contributed by atoms with Crippen molar-refractivity contribution in [3.63, 3.8) is 0 Å². The fourth-order valence-corrected chi connectivity index (χ4v) is 1.72.